The van der Waals surface area contributed by atoms with Crippen LogP contribution in [0.25, 0.3) is 0 Å². The molecule has 0 aromatic heterocycles. The van der Waals surface area contributed by atoms with E-state index in [4.69, 9.17) is 4.52 Å². The fourth-order valence-electron chi connectivity index (χ4n) is 0.633. The van der Waals surface area contributed by atoms with Crippen LogP contribution in [0.4, 0.5) is 0 Å². The largest absolute Gasteiger partial charge is 0.366 e. The summed E-state index contributed by atoms with van der Waals surface area (Å²) in [6, 6.07) is 0. The van der Waals surface area contributed by atoms with E-state index >= 15 is 0 Å². The molecule has 0 aliphatic carbocycles. The van der Waals surface area contributed by atoms with Crippen LogP contribution in [-0.2, 0) is 4.52 Å². The van der Waals surface area contributed by atoms with Crippen LogP contribution in [0.15, 0.2) is 0 Å². The molecule has 0 aromatic carbocycles. The van der Waals surface area contributed by atoms with Crippen molar-refractivity contribution in [2.45, 2.75) is 25.7 Å². The highest BCUT2D eigenvalue weighted by molar-refractivity contribution is 9.09. The van der Waals surface area contributed by atoms with Crippen molar-refractivity contribution >= 4 is 25.4 Å². The lowest BCUT2D eigenvalue weighted by Gasteiger charge is -1.96. The summed E-state index contributed by atoms with van der Waals surface area (Å²) in [6.45, 7) is 0.882. The first-order chi connectivity index (χ1) is 4.41. The first-order valence-electron chi connectivity index (χ1n) is 3.29. The van der Waals surface area contributed by atoms with E-state index in [9.17, 15) is 0 Å². The van der Waals surface area contributed by atoms with Crippen LogP contribution < -0.4 is 0 Å². The number of rotatable bonds is 6. The van der Waals surface area contributed by atoms with E-state index in [1.807, 2.05) is 0 Å². The van der Waals surface area contributed by atoms with Gasteiger partial charge in [-0.05, 0) is 12.8 Å². The molecule has 56 valence electrons. The molecule has 0 spiro atoms. The Labute approximate surface area is 68.0 Å². The van der Waals surface area contributed by atoms with Crippen LogP contribution >= 0.6 is 25.4 Å². The van der Waals surface area contributed by atoms with Gasteiger partial charge >= 0.3 is 0 Å². The second-order valence-electron chi connectivity index (χ2n) is 1.97. The molecule has 1 nitrogen and oxygen atoms in total. The normalized spacial score (nSPS) is 10.0. The van der Waals surface area contributed by atoms with E-state index < -0.39 is 0 Å². The van der Waals surface area contributed by atoms with Crippen molar-refractivity contribution in [1.82, 2.24) is 0 Å². The van der Waals surface area contributed by atoms with Crippen molar-refractivity contribution in [2.24, 2.45) is 0 Å². The van der Waals surface area contributed by atoms with Crippen LogP contribution in [0.2, 0.25) is 0 Å². The summed E-state index contributed by atoms with van der Waals surface area (Å²) in [5.41, 5.74) is 0. The molecule has 0 saturated heterocycles. The van der Waals surface area contributed by atoms with E-state index in [0.717, 1.165) is 11.9 Å². The summed E-state index contributed by atoms with van der Waals surface area (Å²) in [6.07, 6.45) is 5.09. The second-order valence-corrected chi connectivity index (χ2v) is 3.10. The van der Waals surface area contributed by atoms with Gasteiger partial charge in [-0.25, -0.2) is 0 Å². The zero-order chi connectivity index (χ0) is 6.95. The summed E-state index contributed by atoms with van der Waals surface area (Å²) in [5, 5.41) is 1.13. The molecule has 1 unspecified atom stereocenters. The van der Waals surface area contributed by atoms with Crippen LogP contribution in [0.1, 0.15) is 25.7 Å². The average molecular weight is 213 g/mol. The third-order valence-corrected chi connectivity index (χ3v) is 1.94. The number of alkyl halides is 1. The summed E-state index contributed by atoms with van der Waals surface area (Å²) in [5.74, 6) is 0. The molecular weight excluding hydrogens is 199 g/mol. The summed E-state index contributed by atoms with van der Waals surface area (Å²) < 4.78 is 4.83. The molecule has 0 aliphatic rings. The molecular formula is C6H14BrOP. The van der Waals surface area contributed by atoms with Crippen molar-refractivity contribution in [3.05, 3.63) is 0 Å². The predicted molar refractivity (Wildman–Crippen MR) is 47.9 cm³/mol. The molecule has 0 amide bonds. The molecule has 0 bridgehead atoms. The Kier molecular flexibility index (Phi) is 9.73. The maximum atomic E-state index is 4.83. The zero-order valence-electron chi connectivity index (χ0n) is 5.61. The average Bonchev–Trinajstić information content (AvgIpc) is 1.89. The van der Waals surface area contributed by atoms with Crippen molar-refractivity contribution in [1.29, 1.82) is 0 Å². The van der Waals surface area contributed by atoms with Gasteiger partial charge in [0.25, 0.3) is 0 Å². The molecule has 0 fully saturated rings. The quantitative estimate of drug-likeness (QED) is 0.374. The van der Waals surface area contributed by atoms with Crippen molar-refractivity contribution < 1.29 is 4.52 Å². The van der Waals surface area contributed by atoms with E-state index in [1.165, 1.54) is 25.7 Å². The lowest BCUT2D eigenvalue weighted by atomic mass is 10.2. The molecule has 0 saturated carbocycles. The Bertz CT molecular complexity index is 46.3. The van der Waals surface area contributed by atoms with Gasteiger partial charge in [-0.15, -0.1) is 0 Å². The Morgan fingerprint density at radius 3 is 2.33 bits per heavy atom. The highest BCUT2D eigenvalue weighted by Crippen LogP contribution is 2.02. The molecule has 0 rings (SSSR count). The van der Waals surface area contributed by atoms with Gasteiger partial charge in [0.2, 0.25) is 0 Å². The molecule has 0 heterocycles. The van der Waals surface area contributed by atoms with Crippen LogP contribution in [0.5, 0.6) is 0 Å². The zero-order valence-corrected chi connectivity index (χ0v) is 8.35. The first kappa shape index (κ1) is 9.87. The molecule has 3 heteroatoms. The van der Waals surface area contributed by atoms with E-state index in [1.54, 1.807) is 0 Å². The minimum absolute atomic E-state index is 0.882. The van der Waals surface area contributed by atoms with Crippen LogP contribution in [0, 0.1) is 0 Å². The van der Waals surface area contributed by atoms with E-state index in [2.05, 4.69) is 25.4 Å². The Morgan fingerprint density at radius 1 is 1.11 bits per heavy atom. The SMILES string of the molecule is POCCCCCCBr. The molecule has 1 atom stereocenters. The molecule has 0 N–H and O–H groups in total. The Hall–Kier alpha value is 0.870. The van der Waals surface area contributed by atoms with Gasteiger partial charge in [-0.3, -0.25) is 0 Å². The minimum Gasteiger partial charge on any atom is -0.366 e. The number of halogens is 1. The minimum atomic E-state index is 0.882. The van der Waals surface area contributed by atoms with Crippen LogP contribution in [0.3, 0.4) is 0 Å². The third kappa shape index (κ3) is 8.87. The lowest BCUT2D eigenvalue weighted by molar-refractivity contribution is 0.354. The maximum absolute atomic E-state index is 4.83. The number of hydrogen-bond acceptors (Lipinski definition) is 1. The lowest BCUT2D eigenvalue weighted by Crippen LogP contribution is -1.84. The molecule has 0 aliphatic heterocycles. The number of hydrogen-bond donors (Lipinski definition) is 0. The molecule has 9 heavy (non-hydrogen) atoms. The monoisotopic (exact) mass is 212 g/mol. The topological polar surface area (TPSA) is 9.23 Å². The smallest absolute Gasteiger partial charge is 0.0501 e. The first-order valence-corrected chi connectivity index (χ1v) is 4.88. The van der Waals surface area contributed by atoms with E-state index in [0.29, 0.717) is 0 Å². The fourth-order valence-corrected chi connectivity index (χ4v) is 1.20. The fraction of sp³-hybridized carbons (Fsp3) is 1.00. The molecule has 0 aromatic rings. The second kappa shape index (κ2) is 8.87. The van der Waals surface area contributed by atoms with E-state index in [-0.39, 0.29) is 0 Å². The predicted octanol–water partition coefficient (Wildman–Crippen LogP) is 2.75. The molecule has 0 radical (unpaired) electrons. The highest BCUT2D eigenvalue weighted by atomic mass is 79.9. The van der Waals surface area contributed by atoms with Gasteiger partial charge in [0.15, 0.2) is 0 Å². The Balaban J connectivity index is 2.60. The third-order valence-electron chi connectivity index (χ3n) is 1.15. The van der Waals surface area contributed by atoms with Gasteiger partial charge in [0.1, 0.15) is 0 Å². The van der Waals surface area contributed by atoms with Gasteiger partial charge < -0.3 is 4.52 Å². The summed E-state index contributed by atoms with van der Waals surface area (Å²) >= 11 is 3.38. The van der Waals surface area contributed by atoms with Gasteiger partial charge in [0, 0.05) is 14.8 Å². The van der Waals surface area contributed by atoms with Gasteiger partial charge in [-0.2, -0.15) is 0 Å². The van der Waals surface area contributed by atoms with Gasteiger partial charge in [-0.1, -0.05) is 28.8 Å². The highest BCUT2D eigenvalue weighted by Gasteiger charge is 1.86. The van der Waals surface area contributed by atoms with Crippen molar-refractivity contribution in [2.75, 3.05) is 11.9 Å². The van der Waals surface area contributed by atoms with Crippen molar-refractivity contribution in [3.63, 3.8) is 0 Å². The van der Waals surface area contributed by atoms with Crippen molar-refractivity contribution in [3.8, 4) is 0 Å². The number of unbranched alkanes of at least 4 members (excludes halogenated alkanes) is 3. The standard InChI is InChI=1S/C6H14BrOP/c7-5-3-1-2-4-6-8-9/h1-6,9H2. The van der Waals surface area contributed by atoms with Gasteiger partial charge in [0.05, 0.1) is 6.61 Å². The Morgan fingerprint density at radius 2 is 1.78 bits per heavy atom. The van der Waals surface area contributed by atoms with Crippen LogP contribution in [-0.4, -0.2) is 11.9 Å². The maximum Gasteiger partial charge on any atom is 0.0501 e. The summed E-state index contributed by atoms with van der Waals surface area (Å²) in [7, 11) is 2.27. The summed E-state index contributed by atoms with van der Waals surface area (Å²) in [4.78, 5) is 0.